The molecule has 1 heterocycles. The van der Waals surface area contributed by atoms with Gasteiger partial charge in [-0.15, -0.1) is 11.3 Å². The van der Waals surface area contributed by atoms with Gasteiger partial charge in [0.2, 0.25) is 0 Å². The number of rotatable bonds is 8. The largest absolute Gasteiger partial charge is 0.483 e. The molecule has 1 N–H and O–H groups in total. The number of amides is 1. The normalized spacial score (nSPS) is 11.2. The second kappa shape index (κ2) is 11.4. The minimum absolute atomic E-state index is 0.180. The summed E-state index contributed by atoms with van der Waals surface area (Å²) in [6, 6.07) is 20.4. The van der Waals surface area contributed by atoms with Gasteiger partial charge in [-0.25, -0.2) is 10.2 Å². The molecule has 3 aromatic carbocycles. The van der Waals surface area contributed by atoms with Crippen molar-refractivity contribution in [2.45, 2.75) is 26.7 Å². The maximum Gasteiger partial charge on any atom is 0.355 e. The smallest absolute Gasteiger partial charge is 0.355 e. The SMILES string of the molecule is Cc1ccc(C(C)C)cc1OCC(=O)N/N=C\c1ccccc1OC(=O)c1sc2ccccc2c1Cl. The van der Waals surface area contributed by atoms with Crippen molar-refractivity contribution in [1.29, 1.82) is 0 Å². The standard InChI is InChI=1S/C28H25ClN2O4S/c1-17(2)19-13-12-18(3)23(14-19)34-16-25(32)31-30-15-20-8-4-6-10-22(20)35-28(33)27-26(29)21-9-5-7-11-24(21)36-27/h4-15,17H,16H2,1-3H3,(H,31,32)/b30-15-. The highest BCUT2D eigenvalue weighted by Crippen LogP contribution is 2.36. The summed E-state index contributed by atoms with van der Waals surface area (Å²) < 4.78 is 12.2. The van der Waals surface area contributed by atoms with Gasteiger partial charge in [-0.1, -0.05) is 67.9 Å². The van der Waals surface area contributed by atoms with Gasteiger partial charge in [0.05, 0.1) is 11.2 Å². The van der Waals surface area contributed by atoms with Crippen LogP contribution in [0, 0.1) is 6.92 Å². The molecule has 0 saturated carbocycles. The van der Waals surface area contributed by atoms with E-state index in [1.165, 1.54) is 17.6 Å². The van der Waals surface area contributed by atoms with E-state index >= 15 is 0 Å². The van der Waals surface area contributed by atoms with Crippen LogP contribution < -0.4 is 14.9 Å². The van der Waals surface area contributed by atoms with Crippen LogP contribution >= 0.6 is 22.9 Å². The summed E-state index contributed by atoms with van der Waals surface area (Å²) in [4.78, 5) is 25.4. The Labute approximate surface area is 218 Å². The van der Waals surface area contributed by atoms with Crippen molar-refractivity contribution in [3.63, 3.8) is 0 Å². The fraction of sp³-hybridized carbons (Fsp3) is 0.179. The molecule has 4 rings (SSSR count). The molecular formula is C28H25ClN2O4S. The summed E-state index contributed by atoms with van der Waals surface area (Å²) in [6.45, 7) is 5.95. The molecular weight excluding hydrogens is 496 g/mol. The number of aryl methyl sites for hydroxylation is 1. The second-order valence-corrected chi connectivity index (χ2v) is 9.86. The fourth-order valence-corrected chi connectivity index (χ4v) is 4.84. The van der Waals surface area contributed by atoms with Crippen LogP contribution in [0.1, 0.15) is 46.1 Å². The minimum Gasteiger partial charge on any atom is -0.483 e. The zero-order valence-corrected chi connectivity index (χ0v) is 21.7. The highest BCUT2D eigenvalue weighted by molar-refractivity contribution is 7.21. The highest BCUT2D eigenvalue weighted by Gasteiger charge is 2.19. The number of para-hydroxylation sites is 1. The molecule has 1 amide bonds. The number of hydrazone groups is 1. The van der Waals surface area contributed by atoms with E-state index in [9.17, 15) is 9.59 Å². The molecule has 36 heavy (non-hydrogen) atoms. The average Bonchev–Trinajstić information content (AvgIpc) is 3.21. The number of thiophene rings is 1. The molecule has 1 aromatic heterocycles. The molecule has 0 unspecified atom stereocenters. The van der Waals surface area contributed by atoms with Crippen molar-refractivity contribution < 1.29 is 19.1 Å². The number of carbonyl (C=O) groups is 2. The predicted octanol–water partition coefficient (Wildman–Crippen LogP) is 6.73. The maximum absolute atomic E-state index is 12.8. The summed E-state index contributed by atoms with van der Waals surface area (Å²) in [5.41, 5.74) is 5.05. The third kappa shape index (κ3) is 5.93. The molecule has 0 spiro atoms. The van der Waals surface area contributed by atoms with Crippen molar-refractivity contribution >= 4 is 51.1 Å². The van der Waals surface area contributed by atoms with E-state index in [1.807, 2.05) is 43.3 Å². The number of benzene rings is 3. The van der Waals surface area contributed by atoms with Crippen molar-refractivity contribution in [2.24, 2.45) is 5.10 Å². The van der Waals surface area contributed by atoms with Crippen molar-refractivity contribution in [3.8, 4) is 11.5 Å². The van der Waals surface area contributed by atoms with Crippen LogP contribution in [-0.4, -0.2) is 24.7 Å². The van der Waals surface area contributed by atoms with Crippen LogP contribution in [0.15, 0.2) is 71.8 Å². The van der Waals surface area contributed by atoms with Crippen LogP contribution in [0.25, 0.3) is 10.1 Å². The molecule has 8 heteroatoms. The third-order valence-corrected chi connectivity index (χ3v) is 7.13. The van der Waals surface area contributed by atoms with E-state index in [0.717, 1.165) is 21.2 Å². The van der Waals surface area contributed by atoms with Crippen molar-refractivity contribution in [3.05, 3.63) is 93.3 Å². The van der Waals surface area contributed by atoms with E-state index in [-0.39, 0.29) is 6.61 Å². The van der Waals surface area contributed by atoms with Gasteiger partial charge in [0.1, 0.15) is 16.4 Å². The van der Waals surface area contributed by atoms with Gasteiger partial charge >= 0.3 is 5.97 Å². The second-order valence-electron chi connectivity index (χ2n) is 8.43. The van der Waals surface area contributed by atoms with E-state index in [1.54, 1.807) is 24.3 Å². The monoisotopic (exact) mass is 520 g/mol. The Kier molecular flexibility index (Phi) is 8.03. The summed E-state index contributed by atoms with van der Waals surface area (Å²) in [7, 11) is 0. The Balaban J connectivity index is 1.38. The van der Waals surface area contributed by atoms with Gasteiger partial charge in [-0.3, -0.25) is 4.79 Å². The number of nitrogens with one attached hydrogen (secondary N) is 1. The lowest BCUT2D eigenvalue weighted by atomic mass is 10.0. The number of fused-ring (bicyclic) bond motifs is 1. The van der Waals surface area contributed by atoms with Gasteiger partial charge in [-0.2, -0.15) is 5.10 Å². The van der Waals surface area contributed by atoms with E-state index in [4.69, 9.17) is 21.1 Å². The molecule has 0 bridgehead atoms. The van der Waals surface area contributed by atoms with Crippen LogP contribution in [0.2, 0.25) is 5.02 Å². The molecule has 0 aliphatic heterocycles. The molecule has 0 aliphatic rings. The average molecular weight is 521 g/mol. The highest BCUT2D eigenvalue weighted by atomic mass is 35.5. The molecule has 0 atom stereocenters. The molecule has 184 valence electrons. The summed E-state index contributed by atoms with van der Waals surface area (Å²) in [5.74, 6) is 0.352. The Morgan fingerprint density at radius 2 is 1.81 bits per heavy atom. The Morgan fingerprint density at radius 1 is 1.06 bits per heavy atom. The Hall–Kier alpha value is -3.68. The van der Waals surface area contributed by atoms with Crippen LogP contribution in [0.4, 0.5) is 0 Å². The van der Waals surface area contributed by atoms with E-state index in [2.05, 4.69) is 30.4 Å². The lowest BCUT2D eigenvalue weighted by Gasteiger charge is -2.12. The molecule has 0 aliphatic carbocycles. The third-order valence-electron chi connectivity index (χ3n) is 5.47. The molecule has 0 radical (unpaired) electrons. The maximum atomic E-state index is 12.8. The number of hydrogen-bond donors (Lipinski definition) is 1. The number of esters is 1. The van der Waals surface area contributed by atoms with Gasteiger partial charge < -0.3 is 9.47 Å². The summed E-state index contributed by atoms with van der Waals surface area (Å²) >= 11 is 7.68. The number of halogens is 1. The first-order valence-corrected chi connectivity index (χ1v) is 12.6. The molecule has 0 fully saturated rings. The van der Waals surface area contributed by atoms with Crippen LogP contribution in [-0.2, 0) is 4.79 Å². The molecule has 0 saturated heterocycles. The Morgan fingerprint density at radius 3 is 2.58 bits per heavy atom. The fourth-order valence-electron chi connectivity index (χ4n) is 3.45. The van der Waals surface area contributed by atoms with Gasteiger partial charge in [0.15, 0.2) is 6.61 Å². The molecule has 4 aromatic rings. The van der Waals surface area contributed by atoms with Crippen LogP contribution in [0.5, 0.6) is 11.5 Å². The lowest BCUT2D eigenvalue weighted by Crippen LogP contribution is -2.24. The summed E-state index contributed by atoms with van der Waals surface area (Å²) in [6.07, 6.45) is 1.41. The first-order chi connectivity index (χ1) is 17.3. The zero-order chi connectivity index (χ0) is 25.7. The summed E-state index contributed by atoms with van der Waals surface area (Å²) in [5, 5.41) is 5.17. The van der Waals surface area contributed by atoms with Crippen LogP contribution in [0.3, 0.4) is 0 Å². The van der Waals surface area contributed by atoms with E-state index < -0.39 is 11.9 Å². The first-order valence-electron chi connectivity index (χ1n) is 11.4. The number of nitrogens with zero attached hydrogens (tertiary/aromatic N) is 1. The zero-order valence-electron chi connectivity index (χ0n) is 20.1. The predicted molar refractivity (Wildman–Crippen MR) is 145 cm³/mol. The van der Waals surface area contributed by atoms with Crippen molar-refractivity contribution in [2.75, 3.05) is 6.61 Å². The van der Waals surface area contributed by atoms with Gasteiger partial charge in [0.25, 0.3) is 5.91 Å². The topological polar surface area (TPSA) is 77.0 Å². The Bertz CT molecular complexity index is 1440. The number of ether oxygens (including phenoxy) is 2. The number of carbonyl (C=O) groups excluding carboxylic acids is 2. The quantitative estimate of drug-likeness (QED) is 0.121. The van der Waals surface area contributed by atoms with Gasteiger partial charge in [-0.05, 0) is 48.2 Å². The van der Waals surface area contributed by atoms with Gasteiger partial charge in [0, 0.05) is 15.6 Å². The first kappa shape index (κ1) is 25.4. The molecule has 6 nitrogen and oxygen atoms in total. The lowest BCUT2D eigenvalue weighted by molar-refractivity contribution is -0.123. The van der Waals surface area contributed by atoms with Crippen molar-refractivity contribution in [1.82, 2.24) is 5.43 Å². The minimum atomic E-state index is -0.557. The van der Waals surface area contributed by atoms with E-state index in [0.29, 0.717) is 32.9 Å². The number of hydrogen-bond acceptors (Lipinski definition) is 6.